The fourth-order valence-corrected chi connectivity index (χ4v) is 3.12. The minimum Gasteiger partial charge on any atom is -0.370 e. The normalized spacial score (nSPS) is 22.6. The van der Waals surface area contributed by atoms with Gasteiger partial charge in [-0.3, -0.25) is 0 Å². The molecule has 20 heavy (non-hydrogen) atoms. The molecule has 1 aromatic rings. The molecule has 0 spiro atoms. The summed E-state index contributed by atoms with van der Waals surface area (Å²) < 4.78 is 0. The van der Waals surface area contributed by atoms with Crippen molar-refractivity contribution in [3.8, 4) is 0 Å². The summed E-state index contributed by atoms with van der Waals surface area (Å²) >= 11 is 0. The summed E-state index contributed by atoms with van der Waals surface area (Å²) in [4.78, 5) is 13.7. The molecule has 0 amide bonds. The monoisotopic (exact) mass is 277 g/mol. The van der Waals surface area contributed by atoms with Crippen molar-refractivity contribution in [1.29, 1.82) is 0 Å². The largest absolute Gasteiger partial charge is 0.370 e. The van der Waals surface area contributed by atoms with E-state index in [1.165, 1.54) is 5.56 Å². The molecule has 0 aromatic carbocycles. The lowest BCUT2D eigenvalue weighted by Crippen LogP contribution is -2.34. The molecule has 2 atom stereocenters. The van der Waals surface area contributed by atoms with E-state index >= 15 is 0 Å². The van der Waals surface area contributed by atoms with Crippen molar-refractivity contribution in [3.05, 3.63) is 11.9 Å². The Morgan fingerprint density at radius 1 is 1.30 bits per heavy atom. The first-order valence-corrected chi connectivity index (χ1v) is 7.57. The minimum absolute atomic E-state index is 0.595. The van der Waals surface area contributed by atoms with E-state index in [1.54, 1.807) is 6.33 Å². The van der Waals surface area contributed by atoms with Crippen molar-refractivity contribution in [2.75, 3.05) is 43.9 Å². The third kappa shape index (κ3) is 2.87. The van der Waals surface area contributed by atoms with Gasteiger partial charge in [0.05, 0.1) is 0 Å². The van der Waals surface area contributed by atoms with E-state index in [2.05, 4.69) is 60.0 Å². The Kier molecular flexibility index (Phi) is 4.81. The fraction of sp³-hybridized carbons (Fsp3) is 0.733. The van der Waals surface area contributed by atoms with Crippen LogP contribution >= 0.6 is 0 Å². The predicted molar refractivity (Wildman–Crippen MR) is 84.4 cm³/mol. The molecule has 2 rings (SSSR count). The van der Waals surface area contributed by atoms with Crippen LogP contribution in [0.3, 0.4) is 0 Å². The van der Waals surface area contributed by atoms with Gasteiger partial charge in [0.15, 0.2) is 0 Å². The molecule has 0 aliphatic carbocycles. The van der Waals surface area contributed by atoms with Crippen LogP contribution < -0.4 is 10.2 Å². The van der Waals surface area contributed by atoms with Crippen LogP contribution in [0.1, 0.15) is 26.3 Å². The van der Waals surface area contributed by atoms with Crippen molar-refractivity contribution in [1.82, 2.24) is 14.9 Å². The number of nitrogens with one attached hydrogen (secondary N) is 1. The summed E-state index contributed by atoms with van der Waals surface area (Å²) in [6, 6.07) is 0.595. The molecule has 0 saturated carbocycles. The lowest BCUT2D eigenvalue weighted by molar-refractivity contribution is 0.266. The van der Waals surface area contributed by atoms with Crippen LogP contribution in [0, 0.1) is 5.92 Å². The quantitative estimate of drug-likeness (QED) is 0.890. The smallest absolute Gasteiger partial charge is 0.137 e. The van der Waals surface area contributed by atoms with Crippen LogP contribution in [0.2, 0.25) is 0 Å². The molecular weight excluding hydrogens is 250 g/mol. The Bertz CT molecular complexity index is 446. The zero-order valence-electron chi connectivity index (χ0n) is 13.3. The molecule has 112 valence electrons. The van der Waals surface area contributed by atoms with Gasteiger partial charge in [0, 0.05) is 31.2 Å². The zero-order chi connectivity index (χ0) is 14.7. The highest BCUT2D eigenvalue weighted by molar-refractivity contribution is 5.59. The van der Waals surface area contributed by atoms with Gasteiger partial charge in [0.25, 0.3) is 0 Å². The summed E-state index contributed by atoms with van der Waals surface area (Å²) in [6.07, 6.45) is 2.64. The second-order valence-electron chi connectivity index (χ2n) is 5.82. The third-order valence-corrected chi connectivity index (χ3v) is 4.16. The SMILES string of the molecule is CCNc1ncnc(N2CC(C)C(N(C)C)C2)c1CC. The maximum Gasteiger partial charge on any atom is 0.137 e. The molecule has 1 saturated heterocycles. The molecule has 2 unspecified atom stereocenters. The van der Waals surface area contributed by atoms with Gasteiger partial charge in [0.1, 0.15) is 18.0 Å². The van der Waals surface area contributed by atoms with Crippen molar-refractivity contribution >= 4 is 11.6 Å². The highest BCUT2D eigenvalue weighted by Gasteiger charge is 2.32. The van der Waals surface area contributed by atoms with Gasteiger partial charge in [-0.15, -0.1) is 0 Å². The first kappa shape index (κ1) is 15.0. The van der Waals surface area contributed by atoms with E-state index in [0.29, 0.717) is 12.0 Å². The van der Waals surface area contributed by atoms with Crippen LogP contribution in [-0.4, -0.2) is 54.6 Å². The summed E-state index contributed by atoms with van der Waals surface area (Å²) in [6.45, 7) is 9.60. The Hall–Kier alpha value is -1.36. The number of nitrogens with zero attached hydrogens (tertiary/aromatic N) is 4. The lowest BCUT2D eigenvalue weighted by atomic mass is 10.1. The number of anilines is 2. The van der Waals surface area contributed by atoms with Crippen LogP contribution in [0.4, 0.5) is 11.6 Å². The molecule has 1 aromatic heterocycles. The van der Waals surface area contributed by atoms with Gasteiger partial charge in [-0.2, -0.15) is 0 Å². The van der Waals surface area contributed by atoms with Crippen molar-refractivity contribution in [2.45, 2.75) is 33.2 Å². The van der Waals surface area contributed by atoms with Gasteiger partial charge in [-0.05, 0) is 33.4 Å². The van der Waals surface area contributed by atoms with Crippen LogP contribution in [0.5, 0.6) is 0 Å². The molecule has 2 heterocycles. The first-order valence-electron chi connectivity index (χ1n) is 7.57. The van der Waals surface area contributed by atoms with Crippen molar-refractivity contribution < 1.29 is 0 Å². The van der Waals surface area contributed by atoms with Crippen molar-refractivity contribution in [3.63, 3.8) is 0 Å². The van der Waals surface area contributed by atoms with Crippen LogP contribution in [0.15, 0.2) is 6.33 Å². The van der Waals surface area contributed by atoms with Crippen LogP contribution in [-0.2, 0) is 6.42 Å². The molecule has 1 fully saturated rings. The standard InChI is InChI=1S/C15H27N5/c1-6-12-14(16-7-2)17-10-18-15(12)20-8-11(3)13(9-20)19(4)5/h10-11,13H,6-9H2,1-5H3,(H,16,17,18). The summed E-state index contributed by atoms with van der Waals surface area (Å²) in [5.41, 5.74) is 1.24. The van der Waals surface area contributed by atoms with E-state index in [9.17, 15) is 0 Å². The minimum atomic E-state index is 0.595. The Morgan fingerprint density at radius 3 is 2.60 bits per heavy atom. The molecular formula is C15H27N5. The molecule has 0 radical (unpaired) electrons. The second kappa shape index (κ2) is 6.39. The predicted octanol–water partition coefficient (Wildman–Crippen LogP) is 1.86. The van der Waals surface area contributed by atoms with Gasteiger partial charge in [-0.1, -0.05) is 13.8 Å². The second-order valence-corrected chi connectivity index (χ2v) is 5.82. The van der Waals surface area contributed by atoms with Crippen LogP contribution in [0.25, 0.3) is 0 Å². The number of rotatable bonds is 5. The lowest BCUT2D eigenvalue weighted by Gasteiger charge is -2.24. The summed E-state index contributed by atoms with van der Waals surface area (Å²) in [5, 5.41) is 3.35. The zero-order valence-corrected chi connectivity index (χ0v) is 13.3. The fourth-order valence-electron chi connectivity index (χ4n) is 3.12. The highest BCUT2D eigenvalue weighted by Crippen LogP contribution is 2.30. The van der Waals surface area contributed by atoms with E-state index in [-0.39, 0.29) is 0 Å². The van der Waals surface area contributed by atoms with E-state index in [4.69, 9.17) is 0 Å². The molecule has 1 aliphatic heterocycles. The average Bonchev–Trinajstić information content (AvgIpc) is 2.81. The van der Waals surface area contributed by atoms with E-state index in [1.807, 2.05) is 0 Å². The van der Waals surface area contributed by atoms with Crippen molar-refractivity contribution in [2.24, 2.45) is 5.92 Å². The summed E-state index contributed by atoms with van der Waals surface area (Å²) in [5.74, 6) is 2.75. The third-order valence-electron chi connectivity index (χ3n) is 4.16. The number of aromatic nitrogens is 2. The van der Waals surface area contributed by atoms with E-state index < -0.39 is 0 Å². The molecule has 0 bridgehead atoms. The highest BCUT2D eigenvalue weighted by atomic mass is 15.3. The number of likely N-dealkylation sites (N-methyl/N-ethyl adjacent to an activating group) is 1. The molecule has 5 heteroatoms. The Balaban J connectivity index is 2.27. The van der Waals surface area contributed by atoms with Gasteiger partial charge in [0.2, 0.25) is 0 Å². The van der Waals surface area contributed by atoms with E-state index in [0.717, 1.165) is 37.7 Å². The average molecular weight is 277 g/mol. The van der Waals surface area contributed by atoms with Gasteiger partial charge in [-0.25, -0.2) is 9.97 Å². The Morgan fingerprint density at radius 2 is 2.05 bits per heavy atom. The molecule has 1 aliphatic rings. The molecule has 5 nitrogen and oxygen atoms in total. The summed E-state index contributed by atoms with van der Waals surface area (Å²) in [7, 11) is 4.32. The molecule has 1 N–H and O–H groups in total. The topological polar surface area (TPSA) is 44.3 Å². The van der Waals surface area contributed by atoms with Gasteiger partial charge >= 0.3 is 0 Å². The number of hydrogen-bond acceptors (Lipinski definition) is 5. The first-order chi connectivity index (χ1) is 9.58. The maximum atomic E-state index is 4.56. The Labute approximate surface area is 122 Å². The number of hydrogen-bond donors (Lipinski definition) is 1. The van der Waals surface area contributed by atoms with Gasteiger partial charge < -0.3 is 15.1 Å². The maximum absolute atomic E-state index is 4.56.